The van der Waals surface area contributed by atoms with Gasteiger partial charge in [0.05, 0.1) is 12.2 Å². The number of rotatable bonds is 10. The van der Waals surface area contributed by atoms with Gasteiger partial charge in [0.15, 0.2) is 6.04 Å². The van der Waals surface area contributed by atoms with Gasteiger partial charge in [0, 0.05) is 5.92 Å². The van der Waals surface area contributed by atoms with E-state index in [-0.39, 0.29) is 19.1 Å². The molecule has 8 nitrogen and oxygen atoms in total. The van der Waals surface area contributed by atoms with E-state index < -0.39 is 35.7 Å². The molecule has 1 aliphatic carbocycles. The first kappa shape index (κ1) is 26.2. The number of ether oxygens (including phenoxy) is 2. The van der Waals surface area contributed by atoms with Crippen molar-refractivity contribution in [3.63, 3.8) is 0 Å². The molecule has 8 heteroatoms. The number of aliphatic carboxylic acids is 1. The van der Waals surface area contributed by atoms with Crippen LogP contribution in [0.15, 0.2) is 48.5 Å². The molecule has 3 rings (SSSR count). The zero-order valence-electron chi connectivity index (χ0n) is 20.7. The van der Waals surface area contributed by atoms with Gasteiger partial charge in [0.25, 0.3) is 0 Å². The average Bonchev–Trinajstić information content (AvgIpc) is 3.13. The summed E-state index contributed by atoms with van der Waals surface area (Å²) in [6.45, 7) is 7.20. The number of benzene rings is 2. The lowest BCUT2D eigenvalue weighted by molar-refractivity contribution is -0.145. The van der Waals surface area contributed by atoms with E-state index in [0.29, 0.717) is 12.8 Å². The van der Waals surface area contributed by atoms with Crippen molar-refractivity contribution in [2.75, 3.05) is 13.2 Å². The first-order chi connectivity index (χ1) is 16.6. The zero-order chi connectivity index (χ0) is 25.6. The maximum Gasteiger partial charge on any atom is 0.407 e. The molecule has 0 spiro atoms. The highest BCUT2D eigenvalue weighted by Crippen LogP contribution is 2.44. The number of fused-ring (bicyclic) bond motifs is 3. The van der Waals surface area contributed by atoms with Crippen LogP contribution in [0.4, 0.5) is 4.79 Å². The lowest BCUT2D eigenvalue weighted by atomic mass is 9.98. The van der Waals surface area contributed by atoms with Crippen LogP contribution < -0.4 is 10.6 Å². The predicted molar refractivity (Wildman–Crippen MR) is 132 cm³/mol. The lowest BCUT2D eigenvalue weighted by Gasteiger charge is -2.25. The number of carbonyl (C=O) groups excluding carboxylic acids is 2. The van der Waals surface area contributed by atoms with E-state index >= 15 is 0 Å². The van der Waals surface area contributed by atoms with Crippen LogP contribution in [-0.4, -0.2) is 54.0 Å². The summed E-state index contributed by atoms with van der Waals surface area (Å²) in [6.07, 6.45) is 0.221. The molecule has 2 atom stereocenters. The second-order valence-corrected chi connectivity index (χ2v) is 9.63. The first-order valence-electron chi connectivity index (χ1n) is 11.9. The van der Waals surface area contributed by atoms with Crippen LogP contribution in [0.3, 0.4) is 0 Å². The molecular weight excluding hydrogens is 448 g/mol. The first-order valence-corrected chi connectivity index (χ1v) is 11.9. The molecule has 188 valence electrons. The summed E-state index contributed by atoms with van der Waals surface area (Å²) in [5.74, 6) is -1.90. The molecular formula is C27H34N2O6. The van der Waals surface area contributed by atoms with Gasteiger partial charge in [0.1, 0.15) is 12.6 Å². The van der Waals surface area contributed by atoms with E-state index in [4.69, 9.17) is 9.47 Å². The third-order valence-corrected chi connectivity index (χ3v) is 5.83. The Labute approximate surface area is 206 Å². The van der Waals surface area contributed by atoms with E-state index in [1.807, 2.05) is 43.3 Å². The number of carboxylic acids is 1. The third kappa shape index (κ3) is 6.82. The Morgan fingerprint density at radius 3 is 2.03 bits per heavy atom. The molecule has 2 aromatic carbocycles. The van der Waals surface area contributed by atoms with Crippen LogP contribution in [-0.2, 0) is 19.1 Å². The van der Waals surface area contributed by atoms with Crippen molar-refractivity contribution in [3.8, 4) is 11.1 Å². The van der Waals surface area contributed by atoms with E-state index in [1.54, 1.807) is 20.8 Å². The van der Waals surface area contributed by atoms with Gasteiger partial charge in [-0.15, -0.1) is 0 Å². The number of carboxylic acid groups (broad SMARTS) is 1. The normalized spacial score (nSPS) is 14.4. The third-order valence-electron chi connectivity index (χ3n) is 5.83. The van der Waals surface area contributed by atoms with E-state index in [9.17, 15) is 19.5 Å². The number of hydrogen-bond acceptors (Lipinski definition) is 5. The summed E-state index contributed by atoms with van der Waals surface area (Å²) in [7, 11) is 0. The van der Waals surface area contributed by atoms with Gasteiger partial charge >= 0.3 is 12.1 Å². The van der Waals surface area contributed by atoms with Crippen LogP contribution in [0.2, 0.25) is 0 Å². The molecule has 0 aliphatic heterocycles. The van der Waals surface area contributed by atoms with Crippen LogP contribution in [0.5, 0.6) is 0 Å². The van der Waals surface area contributed by atoms with Crippen molar-refractivity contribution in [2.24, 2.45) is 0 Å². The van der Waals surface area contributed by atoms with Crippen molar-refractivity contribution >= 4 is 18.0 Å². The highest BCUT2D eigenvalue weighted by Gasteiger charge is 2.31. The Morgan fingerprint density at radius 1 is 0.943 bits per heavy atom. The molecule has 2 amide bonds. The molecule has 0 saturated heterocycles. The highest BCUT2D eigenvalue weighted by molar-refractivity contribution is 5.89. The number of carbonyl (C=O) groups is 3. The minimum absolute atomic E-state index is 0.0995. The fourth-order valence-electron chi connectivity index (χ4n) is 4.12. The molecule has 35 heavy (non-hydrogen) atoms. The molecule has 0 unspecified atom stereocenters. The zero-order valence-corrected chi connectivity index (χ0v) is 20.7. The summed E-state index contributed by atoms with van der Waals surface area (Å²) in [5.41, 5.74) is 3.87. The molecule has 0 bridgehead atoms. The minimum atomic E-state index is -1.23. The molecule has 0 radical (unpaired) electrons. The molecule has 1 aliphatic rings. The fourth-order valence-corrected chi connectivity index (χ4v) is 4.12. The fraction of sp³-hybridized carbons (Fsp3) is 0.444. The molecule has 0 heterocycles. The molecule has 0 fully saturated rings. The van der Waals surface area contributed by atoms with Crippen molar-refractivity contribution < 1.29 is 29.0 Å². The quantitative estimate of drug-likeness (QED) is 0.470. The Morgan fingerprint density at radius 2 is 1.51 bits per heavy atom. The molecule has 2 aromatic rings. The summed E-state index contributed by atoms with van der Waals surface area (Å²) < 4.78 is 11.1. The maximum absolute atomic E-state index is 12.8. The molecule has 3 N–H and O–H groups in total. The number of amides is 2. The van der Waals surface area contributed by atoms with Crippen molar-refractivity contribution in [1.29, 1.82) is 0 Å². The highest BCUT2D eigenvalue weighted by atomic mass is 16.5. The molecule has 0 saturated carbocycles. The van der Waals surface area contributed by atoms with Crippen molar-refractivity contribution in [2.45, 2.75) is 64.1 Å². The lowest BCUT2D eigenvalue weighted by Crippen LogP contribution is -2.53. The molecule has 0 aromatic heterocycles. The number of hydrogen-bond donors (Lipinski definition) is 3. The Kier molecular flexibility index (Phi) is 8.51. The van der Waals surface area contributed by atoms with E-state index in [0.717, 1.165) is 22.3 Å². The van der Waals surface area contributed by atoms with Gasteiger partial charge < -0.3 is 25.2 Å². The monoisotopic (exact) mass is 482 g/mol. The number of alkyl carbamates (subject to hydrolysis) is 1. The Hall–Kier alpha value is -3.39. The minimum Gasteiger partial charge on any atom is -0.480 e. The van der Waals surface area contributed by atoms with Crippen LogP contribution in [0, 0.1) is 0 Å². The van der Waals surface area contributed by atoms with Gasteiger partial charge in [0.2, 0.25) is 5.91 Å². The van der Waals surface area contributed by atoms with Gasteiger partial charge in [-0.1, -0.05) is 61.9 Å². The van der Waals surface area contributed by atoms with Crippen LogP contribution in [0.25, 0.3) is 11.1 Å². The van der Waals surface area contributed by atoms with Crippen molar-refractivity contribution in [1.82, 2.24) is 10.6 Å². The predicted octanol–water partition coefficient (Wildman–Crippen LogP) is 4.08. The smallest absolute Gasteiger partial charge is 0.407 e. The maximum atomic E-state index is 12.8. The second kappa shape index (κ2) is 11.4. The topological polar surface area (TPSA) is 114 Å². The van der Waals surface area contributed by atoms with E-state index in [1.165, 1.54) is 0 Å². The second-order valence-electron chi connectivity index (χ2n) is 9.63. The summed E-state index contributed by atoms with van der Waals surface area (Å²) in [4.78, 5) is 37.0. The summed E-state index contributed by atoms with van der Waals surface area (Å²) >= 11 is 0. The number of nitrogens with one attached hydrogen (secondary N) is 2. The van der Waals surface area contributed by atoms with Gasteiger partial charge in [-0.05, 0) is 49.4 Å². The van der Waals surface area contributed by atoms with E-state index in [2.05, 4.69) is 22.8 Å². The van der Waals surface area contributed by atoms with Crippen LogP contribution >= 0.6 is 0 Å². The Balaban J connectivity index is 1.62. The standard InChI is InChI=1S/C27H34N2O6/c1-5-10-22(24(30)28-23(25(31)32)16-35-27(2,3)4)29-26(33)34-15-21-19-13-8-6-11-17(19)18-12-7-9-14-20(18)21/h6-9,11-14,21-23H,5,10,15-16H2,1-4H3,(H,28,30)(H,29,33)(H,31,32)/t22-,23-/m0/s1. The largest absolute Gasteiger partial charge is 0.480 e. The van der Waals surface area contributed by atoms with Gasteiger partial charge in [-0.2, -0.15) is 0 Å². The average molecular weight is 483 g/mol. The van der Waals surface area contributed by atoms with Gasteiger partial charge in [-0.3, -0.25) is 4.79 Å². The SMILES string of the molecule is CCC[C@H](NC(=O)OCC1c2ccccc2-c2ccccc21)C(=O)N[C@@H](COC(C)(C)C)C(=O)O. The van der Waals surface area contributed by atoms with Crippen LogP contribution in [0.1, 0.15) is 57.6 Å². The Bertz CT molecular complexity index is 1020. The summed E-state index contributed by atoms with van der Waals surface area (Å²) in [5, 5.41) is 14.5. The van der Waals surface area contributed by atoms with Gasteiger partial charge in [-0.25, -0.2) is 9.59 Å². The van der Waals surface area contributed by atoms with Crippen molar-refractivity contribution in [3.05, 3.63) is 59.7 Å². The summed E-state index contributed by atoms with van der Waals surface area (Å²) in [6, 6.07) is 13.9.